The van der Waals surface area contributed by atoms with Crippen molar-refractivity contribution in [2.45, 2.75) is 89.9 Å². The quantitative estimate of drug-likeness (QED) is 0.0219. The highest BCUT2D eigenvalue weighted by Crippen LogP contribution is 2.44. The number of benzene rings is 4. The van der Waals surface area contributed by atoms with E-state index in [-0.39, 0.29) is 113 Å². The van der Waals surface area contributed by atoms with E-state index in [1.165, 1.54) is 34.1 Å². The molecule has 718 valence electrons. The van der Waals surface area contributed by atoms with Gasteiger partial charge in [0.05, 0.1) is 198 Å². The van der Waals surface area contributed by atoms with Crippen molar-refractivity contribution in [2.75, 3.05) is 160 Å². The number of nitrogens with one attached hydrogen (secondary N) is 8. The number of carbonyl (C=O) groups excluding carboxylic acids is 12. The van der Waals surface area contributed by atoms with Crippen molar-refractivity contribution >= 4 is 410 Å². The first-order chi connectivity index (χ1) is 59.9. The van der Waals surface area contributed by atoms with Gasteiger partial charge in [-0.05, 0) is 277 Å². The third kappa shape index (κ3) is 36.0. The summed E-state index contributed by atoms with van der Waals surface area (Å²) < 4.78 is 3.82. The number of anilines is 4. The third-order valence-electron chi connectivity index (χ3n) is 17.8. The highest BCUT2D eigenvalue weighted by Gasteiger charge is 2.40. The van der Waals surface area contributed by atoms with Crippen molar-refractivity contribution < 1.29 is 139 Å². The van der Waals surface area contributed by atoms with Crippen LogP contribution >= 0.6 is 316 Å². The monoisotopic (exact) mass is 3380 g/mol. The zero-order valence-corrected chi connectivity index (χ0v) is 98.7. The van der Waals surface area contributed by atoms with Crippen LogP contribution in [-0.4, -0.2) is 342 Å². The number of hydrogen-bond donors (Lipinski definition) is 24. The van der Waals surface area contributed by atoms with Gasteiger partial charge in [-0.15, -0.1) is 0 Å². The summed E-state index contributed by atoms with van der Waals surface area (Å²) in [5.74, 6) is -9.73. The van der Waals surface area contributed by atoms with Crippen molar-refractivity contribution in [2.24, 2.45) is 11.8 Å². The number of amides is 12. The Balaban J connectivity index is 0.00000123. The van der Waals surface area contributed by atoms with Gasteiger partial charge in [0.1, 0.15) is 0 Å². The van der Waals surface area contributed by atoms with Gasteiger partial charge in [-0.2, -0.15) is 0 Å². The van der Waals surface area contributed by atoms with Crippen LogP contribution in [0.4, 0.5) is 22.7 Å². The van der Waals surface area contributed by atoms with Gasteiger partial charge >= 0.3 is 0 Å². The SMILES string of the molecule is CC(=O)N(C)c1c(I)c(C(=O)NCC(O)CO)c(I)c(C(=O)NCC(O)CO)c1I.CC(=O)N(CC(CN(C(C)=O)c1c(I)c(C(=O)NCC(O)CO)c(I)c(C(=O)NCC(O)CO)c1I)CN(C(C)=O)c1c(I)c(C(=O)NCC(O)CO)c(I)c(C(=O)NCC(O)CO)c1I)c1c(I)c(C(=O)NCC(O)CO)c(I)c(C(=O)NCC(O)CO)c1I.CCC(CI)CI. The van der Waals surface area contributed by atoms with Crippen molar-refractivity contribution in [1.82, 2.24) is 42.5 Å². The molecule has 40 nitrogen and oxygen atoms in total. The minimum Gasteiger partial charge on any atom is -0.394 e. The molecule has 8 unspecified atom stereocenters. The van der Waals surface area contributed by atoms with Gasteiger partial charge in [0, 0.05) is 136 Å². The molecule has 24 N–H and O–H groups in total. The van der Waals surface area contributed by atoms with E-state index >= 15 is 0 Å². The van der Waals surface area contributed by atoms with E-state index in [0.29, 0.717) is 16.4 Å². The van der Waals surface area contributed by atoms with Gasteiger partial charge < -0.3 is 144 Å². The summed E-state index contributed by atoms with van der Waals surface area (Å²) in [6.07, 6.45) is -9.64. The first-order valence-corrected chi connectivity index (χ1v) is 53.5. The van der Waals surface area contributed by atoms with Crippen LogP contribution in [0.25, 0.3) is 0 Å². The van der Waals surface area contributed by atoms with E-state index in [1.807, 2.05) is 67.8 Å². The predicted octanol–water partition coefficient (Wildman–Crippen LogP) is 1.23. The molecule has 4 aromatic rings. The molecular formula is C74H96I14N12O28. The molecule has 12 amide bonds. The molecule has 0 aromatic heterocycles. The number of nitrogens with zero attached hydrogens (tertiary/aromatic N) is 4. The topological polar surface area (TPSA) is 638 Å². The lowest BCUT2D eigenvalue weighted by Gasteiger charge is -2.37. The predicted molar refractivity (Wildman–Crippen MR) is 590 cm³/mol. The second-order valence-electron chi connectivity index (χ2n) is 27.4. The molecule has 0 spiro atoms. The zero-order chi connectivity index (χ0) is 98.1. The molecule has 8 atom stereocenters. The number of halogens is 14. The molecular weight excluding hydrogens is 3280 g/mol. The van der Waals surface area contributed by atoms with E-state index in [2.05, 4.69) is 94.6 Å². The lowest BCUT2D eigenvalue weighted by molar-refractivity contribution is -0.117. The molecule has 4 rings (SSSR count). The number of aliphatic hydroxyl groups is 16. The Hall–Kier alpha value is 0.100. The number of hydrogen-bond acceptors (Lipinski definition) is 28. The van der Waals surface area contributed by atoms with Crippen LogP contribution in [0.1, 0.15) is 124 Å². The van der Waals surface area contributed by atoms with Crippen LogP contribution in [0, 0.1) is 54.7 Å². The van der Waals surface area contributed by atoms with E-state index in [0.717, 1.165) is 41.4 Å². The van der Waals surface area contributed by atoms with Crippen LogP contribution in [0.15, 0.2) is 0 Å². The molecule has 0 fully saturated rings. The van der Waals surface area contributed by atoms with Crippen molar-refractivity contribution in [3.05, 3.63) is 87.3 Å². The van der Waals surface area contributed by atoms with Crippen LogP contribution < -0.4 is 62.1 Å². The molecule has 0 aliphatic rings. The normalized spacial score (nSPS) is 13.2. The fourth-order valence-corrected chi connectivity index (χ4v) is 32.7. The Morgan fingerprint density at radius 3 is 0.516 bits per heavy atom. The Morgan fingerprint density at radius 1 is 0.258 bits per heavy atom. The van der Waals surface area contributed by atoms with Crippen molar-refractivity contribution in [1.29, 1.82) is 0 Å². The van der Waals surface area contributed by atoms with Crippen molar-refractivity contribution in [3.63, 3.8) is 0 Å². The van der Waals surface area contributed by atoms with E-state index in [4.69, 9.17) is 10.2 Å². The maximum absolute atomic E-state index is 14.7. The number of aliphatic hydroxyl groups excluding tert-OH is 16. The number of carbonyl (C=O) groups is 12. The fourth-order valence-electron chi connectivity index (χ4n) is 10.6. The Bertz CT molecular complexity index is 4050. The van der Waals surface area contributed by atoms with Gasteiger partial charge in [0.25, 0.3) is 47.3 Å². The summed E-state index contributed by atoms with van der Waals surface area (Å²) in [4.78, 5) is 173. The summed E-state index contributed by atoms with van der Waals surface area (Å²) in [7, 11) is 1.52. The first-order valence-electron chi connectivity index (χ1n) is 37.5. The number of rotatable bonds is 45. The largest absolute Gasteiger partial charge is 0.394 e. The molecule has 128 heavy (non-hydrogen) atoms. The molecule has 0 saturated carbocycles. The highest BCUT2D eigenvalue weighted by atomic mass is 127. The first kappa shape index (κ1) is 124. The molecule has 0 aliphatic carbocycles. The Kier molecular flexibility index (Phi) is 60.4. The molecule has 54 heteroatoms. The Morgan fingerprint density at radius 2 is 0.406 bits per heavy atom. The maximum atomic E-state index is 14.7. The average molecular weight is 3380 g/mol. The van der Waals surface area contributed by atoms with E-state index < -0.39 is 231 Å². The summed E-state index contributed by atoms with van der Waals surface area (Å²) in [6.45, 7) is -3.90. The van der Waals surface area contributed by atoms with Crippen LogP contribution in [0.5, 0.6) is 0 Å². The minimum absolute atomic E-state index is 0.00599. The summed E-state index contributed by atoms with van der Waals surface area (Å²) in [5.41, 5.74) is -1.13. The molecule has 0 saturated heterocycles. The minimum atomic E-state index is -1.45. The van der Waals surface area contributed by atoms with Crippen LogP contribution in [0.2, 0.25) is 0 Å². The standard InChI is InChI=1S/C52H64I9N9O21.C17H22I3N3O7.C5H10I2/c1-19(77)68(44-38(56)29(47(86)62-4-23(80)13-71)35(53)30(39(44)57)48(87)63-5-24(81)14-72)10-22(11-69(20(2)78)45-40(58)31(49(88)64-6-25(82)15-73)36(54)32(41(45)59)50(89)65-7-26(83)16-74)12-70(21(3)79)46-42(60)33(51(90)66-8-27(84)17-75)37(55)34(43(46)61)52(91)67-9-28(85)18-76;1-7(26)23(2)15-13(19)10(16(29)21-3-8(27)5-24)12(18)11(14(15)20)17(30)22-4-9(28)6-25;1-2-5(3-6)4-7/h22-28,71-76,80-85H,4-18H2,1-3H3,(H,62,86)(H,63,87)(H,64,88)(H,65,89)(H,66,90)(H,67,91);8-9,24-25,27-28H,3-6H2,1-2H3,(H,21,29)(H,22,30);5H,2-4H2,1H3. The zero-order valence-electron chi connectivity index (χ0n) is 68.5. The lowest BCUT2D eigenvalue weighted by atomic mass is 10.0. The fraction of sp³-hybridized carbons (Fsp3) is 0.514. The lowest BCUT2D eigenvalue weighted by Crippen LogP contribution is -2.48. The van der Waals surface area contributed by atoms with Gasteiger partial charge in [-0.25, -0.2) is 0 Å². The molecule has 0 bridgehead atoms. The smallest absolute Gasteiger partial charge is 0.253 e. The molecule has 0 heterocycles. The second kappa shape index (κ2) is 62.3. The summed E-state index contributed by atoms with van der Waals surface area (Å²) in [6, 6.07) is 0. The van der Waals surface area contributed by atoms with Crippen LogP contribution in [0.3, 0.4) is 0 Å². The highest BCUT2D eigenvalue weighted by molar-refractivity contribution is 14.1. The summed E-state index contributed by atoms with van der Waals surface area (Å²) >= 11 is 26.4. The Labute approximate surface area is 927 Å². The van der Waals surface area contributed by atoms with Gasteiger partial charge in [-0.3, -0.25) is 57.5 Å². The van der Waals surface area contributed by atoms with Gasteiger partial charge in [0.2, 0.25) is 23.6 Å². The number of alkyl halides is 2. The molecule has 0 aliphatic heterocycles. The van der Waals surface area contributed by atoms with Crippen molar-refractivity contribution in [3.8, 4) is 0 Å². The van der Waals surface area contributed by atoms with Gasteiger partial charge in [0.15, 0.2) is 0 Å². The van der Waals surface area contributed by atoms with E-state index in [1.54, 1.807) is 203 Å². The average Bonchev–Trinajstić information content (AvgIpc) is 0.732. The van der Waals surface area contributed by atoms with Gasteiger partial charge in [-0.1, -0.05) is 58.5 Å². The second-order valence-corrected chi connectivity index (χ2v) is 42.2. The molecule has 0 radical (unpaired) electrons. The van der Waals surface area contributed by atoms with Crippen LogP contribution in [-0.2, 0) is 19.2 Å². The third-order valence-corrected chi connectivity index (χ3v) is 33.0. The van der Waals surface area contributed by atoms with E-state index in [9.17, 15) is 129 Å². The summed E-state index contributed by atoms with van der Waals surface area (Å²) in [5, 5.41) is 176. The maximum Gasteiger partial charge on any atom is 0.253 e. The molecule has 4 aromatic carbocycles.